The molecule has 0 aromatic carbocycles. The summed E-state index contributed by atoms with van der Waals surface area (Å²) >= 11 is 17.5. The zero-order valence-electron chi connectivity index (χ0n) is 21.9. The van der Waals surface area contributed by atoms with E-state index in [0.717, 1.165) is 25.7 Å². The lowest BCUT2D eigenvalue weighted by Crippen LogP contribution is -2.50. The average Bonchev–Trinajstić information content (AvgIpc) is 3.83. The summed E-state index contributed by atoms with van der Waals surface area (Å²) in [5.74, 6) is -0.914. The maximum Gasteiger partial charge on any atom is 0.257 e. The summed E-state index contributed by atoms with van der Waals surface area (Å²) in [5, 5.41) is 16.0. The first-order chi connectivity index (χ1) is 19.0. The molecule has 2 atom stereocenters. The van der Waals surface area contributed by atoms with Crippen LogP contribution < -0.4 is 10.6 Å². The third-order valence-corrected chi connectivity index (χ3v) is 9.50. The number of aryl methyl sites for hydroxylation is 2. The van der Waals surface area contributed by atoms with Gasteiger partial charge in [0.25, 0.3) is 5.91 Å². The number of carbonyl (C=O) groups is 2. The highest BCUT2D eigenvalue weighted by atomic mass is 32.2. The molecule has 0 spiro atoms. The number of pyridine rings is 1. The van der Waals surface area contributed by atoms with Crippen LogP contribution in [-0.4, -0.2) is 41.6 Å². The first kappa shape index (κ1) is 29.3. The lowest BCUT2D eigenvalue weighted by molar-refractivity contribution is -0.119. The van der Waals surface area contributed by atoms with E-state index in [1.165, 1.54) is 18.4 Å². The number of hydrogen-bond donors (Lipinski definition) is 7. The molecule has 2 aliphatic rings. The number of H-pyrrole nitrogens is 1. The summed E-state index contributed by atoms with van der Waals surface area (Å²) in [4.78, 5) is 30.8. The summed E-state index contributed by atoms with van der Waals surface area (Å²) in [6.45, 7) is 3.62. The van der Waals surface area contributed by atoms with Gasteiger partial charge in [0.15, 0.2) is 0 Å². The Bertz CT molecular complexity index is 1400. The van der Waals surface area contributed by atoms with Gasteiger partial charge in [-0.1, -0.05) is 12.1 Å². The minimum Gasteiger partial charge on any atom is -0.364 e. The third kappa shape index (κ3) is 6.19. The van der Waals surface area contributed by atoms with Gasteiger partial charge in [-0.2, -0.15) is 22.1 Å². The van der Waals surface area contributed by atoms with Gasteiger partial charge < -0.3 is 15.2 Å². The highest BCUT2D eigenvalue weighted by Gasteiger charge is 2.48. The predicted octanol–water partition coefficient (Wildman–Crippen LogP) is 5.06. The first-order valence-electron chi connectivity index (χ1n) is 13.1. The van der Waals surface area contributed by atoms with Crippen molar-refractivity contribution in [2.24, 2.45) is 17.8 Å². The highest BCUT2D eigenvalue weighted by molar-refractivity contribution is 8.17. The minimum atomic E-state index is -1.12. The van der Waals surface area contributed by atoms with E-state index in [9.17, 15) is 9.59 Å². The molecule has 0 saturated heterocycles. The van der Waals surface area contributed by atoms with Gasteiger partial charge in [-0.15, -0.1) is 37.9 Å². The topological polar surface area (TPSA) is 126 Å². The zero-order valence-corrected chi connectivity index (χ0v) is 25.5. The molecule has 3 heterocycles. The Kier molecular flexibility index (Phi) is 8.52. The number of thiol groups is 4. The van der Waals surface area contributed by atoms with Crippen LogP contribution >= 0.6 is 50.5 Å². The van der Waals surface area contributed by atoms with Gasteiger partial charge >= 0.3 is 0 Å². The Labute approximate surface area is 253 Å². The van der Waals surface area contributed by atoms with E-state index < -0.39 is 32.5 Å². The van der Waals surface area contributed by atoms with Crippen LogP contribution in [0.2, 0.25) is 0 Å². The fourth-order valence-corrected chi connectivity index (χ4v) is 5.76. The summed E-state index contributed by atoms with van der Waals surface area (Å²) in [6, 6.07) is 2.24. The Morgan fingerprint density at radius 1 is 1.20 bits per heavy atom. The number of hydrogen-bond acceptors (Lipinski definition) is 10. The molecule has 3 aromatic rings. The van der Waals surface area contributed by atoms with Crippen LogP contribution in [0.4, 0.5) is 10.2 Å². The van der Waals surface area contributed by atoms with Crippen LogP contribution in [0.3, 0.4) is 0 Å². The third-order valence-electron chi connectivity index (χ3n) is 7.48. The summed E-state index contributed by atoms with van der Waals surface area (Å²) < 4.78 is 19.3. The molecule has 2 fully saturated rings. The quantitative estimate of drug-likeness (QED) is 0.0912. The van der Waals surface area contributed by atoms with Crippen LogP contribution in [0.5, 0.6) is 0 Å². The Morgan fingerprint density at radius 3 is 2.45 bits per heavy atom. The number of carbonyl (C=O) groups excluding carboxylic acids is 2. The largest absolute Gasteiger partial charge is 0.364 e. The van der Waals surface area contributed by atoms with Crippen LogP contribution in [0, 0.1) is 30.6 Å². The van der Waals surface area contributed by atoms with Crippen molar-refractivity contribution in [3.8, 4) is 11.1 Å². The lowest BCUT2D eigenvalue weighted by Gasteiger charge is -2.27. The maximum atomic E-state index is 15.4. The molecule has 9 nitrogen and oxygen atoms in total. The summed E-state index contributed by atoms with van der Waals surface area (Å²) in [6.07, 6.45) is 5.87. The number of aromatic amines is 1. The number of rotatable bonds is 11. The monoisotopic (exact) mass is 622 g/mol. The van der Waals surface area contributed by atoms with E-state index in [4.69, 9.17) is 4.52 Å². The molecular formula is C26H31FN6O3S4. The molecule has 214 valence electrons. The summed E-state index contributed by atoms with van der Waals surface area (Å²) in [5.41, 5.74) is 2.49. The van der Waals surface area contributed by atoms with Crippen LogP contribution in [0.1, 0.15) is 65.3 Å². The molecule has 2 aliphatic carbocycles. The number of anilines is 1. The van der Waals surface area contributed by atoms with Gasteiger partial charge in [-0.25, -0.2) is 4.98 Å². The molecule has 14 heteroatoms. The van der Waals surface area contributed by atoms with E-state index in [-0.39, 0.29) is 17.3 Å². The molecule has 2 amide bonds. The van der Waals surface area contributed by atoms with Crippen molar-refractivity contribution in [2.75, 3.05) is 5.32 Å². The fraction of sp³-hybridized carbons (Fsp3) is 0.500. The van der Waals surface area contributed by atoms with Gasteiger partial charge in [0.05, 0.1) is 16.6 Å². The molecule has 3 N–H and O–H groups in total. The van der Waals surface area contributed by atoms with Gasteiger partial charge in [0.2, 0.25) is 11.9 Å². The van der Waals surface area contributed by atoms with Crippen molar-refractivity contribution < 1.29 is 18.5 Å². The number of amides is 2. The Hall–Kier alpha value is -2.16. The van der Waals surface area contributed by atoms with Gasteiger partial charge in [-0.3, -0.25) is 14.7 Å². The number of nitrogens with zero attached hydrogens (tertiary/aromatic N) is 3. The van der Waals surface area contributed by atoms with E-state index >= 15 is 4.39 Å². The molecule has 1 unspecified atom stereocenters. The standard InChI is InChI=1S/C26H31FN6O3S4/c1-3-16-15(10-36-33-16)24(34)30-21(19(12-4-5-12)13-6-7-13)25(35)29-17-9-8-14(23(27)28-17)18-11(2)31-32-20(18)22(37)26(38,39)40/h8-10,12-13,19,21-22,37-40H,3-7H2,1-2H3,(H,30,34)(H,31,32)(H,28,29,35)/t21-,22?/m0/s1. The zero-order chi connectivity index (χ0) is 28.8. The van der Waals surface area contributed by atoms with E-state index in [1.54, 1.807) is 6.92 Å². The number of halogens is 1. The molecule has 5 rings (SSSR count). The van der Waals surface area contributed by atoms with Crippen molar-refractivity contribution in [1.82, 2.24) is 25.7 Å². The SMILES string of the molecule is CCc1nocc1C(=O)N[C@H](C(=O)Nc1ccc(-c2c(C(S)C(S)(S)S)n[nH]c2C)c(F)n1)C(C1CC1)C1CC1. The van der Waals surface area contributed by atoms with Crippen molar-refractivity contribution >= 4 is 68.1 Å². The molecule has 40 heavy (non-hydrogen) atoms. The van der Waals surface area contributed by atoms with E-state index in [2.05, 4.69) is 81.5 Å². The van der Waals surface area contributed by atoms with Gasteiger partial charge in [0, 0.05) is 16.8 Å². The van der Waals surface area contributed by atoms with Crippen molar-refractivity contribution in [3.63, 3.8) is 0 Å². The number of nitrogens with one attached hydrogen (secondary N) is 3. The molecule has 0 aliphatic heterocycles. The molecular weight excluding hydrogens is 592 g/mol. The summed E-state index contributed by atoms with van der Waals surface area (Å²) in [7, 11) is 0. The van der Waals surface area contributed by atoms with Crippen LogP contribution in [0.25, 0.3) is 11.1 Å². The maximum absolute atomic E-state index is 15.4. The smallest absolute Gasteiger partial charge is 0.257 e. The van der Waals surface area contributed by atoms with Crippen LogP contribution in [0.15, 0.2) is 22.9 Å². The average molecular weight is 623 g/mol. The van der Waals surface area contributed by atoms with Crippen molar-refractivity contribution in [2.45, 2.75) is 60.7 Å². The Balaban J connectivity index is 1.39. The molecule has 0 radical (unpaired) electrons. The van der Waals surface area contributed by atoms with Crippen molar-refractivity contribution in [3.05, 3.63) is 47.0 Å². The van der Waals surface area contributed by atoms with Crippen LogP contribution in [-0.2, 0) is 11.2 Å². The first-order valence-corrected chi connectivity index (χ1v) is 15.0. The molecule has 0 bridgehead atoms. The fourth-order valence-electron chi connectivity index (χ4n) is 5.21. The molecule has 2 saturated carbocycles. The minimum absolute atomic E-state index is 0.00886. The normalized spacial score (nSPS) is 17.1. The van der Waals surface area contributed by atoms with E-state index in [0.29, 0.717) is 46.5 Å². The molecule has 3 aromatic heterocycles. The Morgan fingerprint density at radius 2 is 1.88 bits per heavy atom. The predicted molar refractivity (Wildman–Crippen MR) is 163 cm³/mol. The van der Waals surface area contributed by atoms with Gasteiger partial charge in [0.1, 0.15) is 27.1 Å². The number of aromatic nitrogens is 4. The second-order valence-corrected chi connectivity index (χ2v) is 14.1. The van der Waals surface area contributed by atoms with Gasteiger partial charge in [-0.05, 0) is 68.9 Å². The highest BCUT2D eigenvalue weighted by Crippen LogP contribution is 2.51. The lowest BCUT2D eigenvalue weighted by atomic mass is 9.88. The van der Waals surface area contributed by atoms with Crippen molar-refractivity contribution in [1.29, 1.82) is 0 Å². The second kappa shape index (κ2) is 11.6. The van der Waals surface area contributed by atoms with E-state index in [1.807, 2.05) is 6.92 Å². The second-order valence-electron chi connectivity index (χ2n) is 10.5.